The van der Waals surface area contributed by atoms with E-state index in [9.17, 15) is 0 Å². The quantitative estimate of drug-likeness (QED) is 0.164. The van der Waals surface area contributed by atoms with Crippen LogP contribution < -0.4 is 14.7 Å². The first-order valence-corrected chi connectivity index (χ1v) is 22.6. The number of para-hydroxylation sites is 1. The number of benzene rings is 9. The molecule has 0 unspecified atom stereocenters. The average molecular weight is 822 g/mol. The standard InChI is InChI=1S/C60H59N3/c1-34-36(3)40(7)58(41(8)37(34)4)62-50-23-17-21-48(31-50)61(47-19-15-14-16-20-47)49-22-18-24-51(32-49)63(59-42(9)38(5)35(2)39(6)43(59)10)55-33-54(62)52-27-25-44-29-46(60(11,12)13)30-45-26-28-53(55)57(52)56(44)45/h14-33H,1-13H3. The van der Waals surface area contributed by atoms with Crippen molar-refractivity contribution < 1.29 is 0 Å². The summed E-state index contributed by atoms with van der Waals surface area (Å²) in [6.45, 7) is 30.0. The van der Waals surface area contributed by atoms with Gasteiger partial charge in [0.1, 0.15) is 0 Å². The molecule has 9 aromatic rings. The van der Waals surface area contributed by atoms with Crippen LogP contribution in [0.25, 0.3) is 32.3 Å². The smallest absolute Gasteiger partial charge is 0.0561 e. The van der Waals surface area contributed by atoms with Gasteiger partial charge in [-0.15, -0.1) is 0 Å². The second-order valence-corrected chi connectivity index (χ2v) is 19.4. The highest BCUT2D eigenvalue weighted by Gasteiger charge is 2.31. The van der Waals surface area contributed by atoms with Gasteiger partial charge in [-0.05, 0) is 207 Å². The Morgan fingerprint density at radius 2 is 0.683 bits per heavy atom. The number of hydrogen-bond acceptors (Lipinski definition) is 3. The predicted molar refractivity (Wildman–Crippen MR) is 274 cm³/mol. The minimum absolute atomic E-state index is 0.0121. The summed E-state index contributed by atoms with van der Waals surface area (Å²) in [5.41, 5.74) is 25.0. The molecule has 0 radical (unpaired) electrons. The molecule has 0 saturated heterocycles. The lowest BCUT2D eigenvalue weighted by Crippen LogP contribution is -2.20. The Balaban J connectivity index is 1.46. The molecule has 6 bridgehead atoms. The Kier molecular flexibility index (Phi) is 9.31. The van der Waals surface area contributed by atoms with Crippen LogP contribution in [0.4, 0.5) is 51.2 Å². The monoisotopic (exact) mass is 821 g/mol. The van der Waals surface area contributed by atoms with E-state index in [1.807, 2.05) is 0 Å². The lowest BCUT2D eigenvalue weighted by molar-refractivity contribution is 0.591. The first kappa shape index (κ1) is 40.5. The number of hydrogen-bond donors (Lipinski definition) is 0. The van der Waals surface area contributed by atoms with E-state index in [0.717, 1.165) is 28.4 Å². The summed E-state index contributed by atoms with van der Waals surface area (Å²) in [5, 5.41) is 7.67. The summed E-state index contributed by atoms with van der Waals surface area (Å²) in [7, 11) is 0. The third-order valence-corrected chi connectivity index (χ3v) is 15.1. The fourth-order valence-electron chi connectivity index (χ4n) is 10.7. The Bertz CT molecular complexity index is 3080. The van der Waals surface area contributed by atoms with Crippen molar-refractivity contribution in [1.82, 2.24) is 0 Å². The minimum atomic E-state index is 0.0121. The molecule has 1 aliphatic rings. The van der Waals surface area contributed by atoms with E-state index in [-0.39, 0.29) is 5.41 Å². The molecular formula is C60H59N3. The van der Waals surface area contributed by atoms with E-state index in [1.54, 1.807) is 0 Å². The Morgan fingerprint density at radius 3 is 1.08 bits per heavy atom. The highest BCUT2D eigenvalue weighted by Crippen LogP contribution is 2.54. The van der Waals surface area contributed by atoms with Gasteiger partial charge in [-0.3, -0.25) is 0 Å². The molecular weight excluding hydrogens is 763 g/mol. The van der Waals surface area contributed by atoms with Gasteiger partial charge in [0.15, 0.2) is 0 Å². The average Bonchev–Trinajstić information content (AvgIpc) is 3.28. The van der Waals surface area contributed by atoms with Crippen LogP contribution in [-0.4, -0.2) is 0 Å². The molecule has 0 N–H and O–H groups in total. The maximum absolute atomic E-state index is 2.60. The molecule has 0 saturated carbocycles. The van der Waals surface area contributed by atoms with Gasteiger partial charge in [-0.2, -0.15) is 0 Å². The molecule has 63 heavy (non-hydrogen) atoms. The Morgan fingerprint density at radius 1 is 0.317 bits per heavy atom. The fraction of sp³-hybridized carbons (Fsp3) is 0.233. The maximum Gasteiger partial charge on any atom is 0.0561 e. The van der Waals surface area contributed by atoms with Crippen LogP contribution in [0.15, 0.2) is 121 Å². The number of fused-ring (bicyclic) bond motifs is 8. The fourth-order valence-corrected chi connectivity index (χ4v) is 10.7. The van der Waals surface area contributed by atoms with E-state index < -0.39 is 0 Å². The topological polar surface area (TPSA) is 9.72 Å². The van der Waals surface area contributed by atoms with Crippen LogP contribution >= 0.6 is 0 Å². The molecule has 1 heterocycles. The highest BCUT2D eigenvalue weighted by molar-refractivity contribution is 6.29. The first-order chi connectivity index (χ1) is 30.1. The summed E-state index contributed by atoms with van der Waals surface area (Å²) >= 11 is 0. The molecule has 0 spiro atoms. The normalized spacial score (nSPS) is 13.1. The second kappa shape index (κ2) is 14.5. The van der Waals surface area contributed by atoms with Crippen molar-refractivity contribution in [2.45, 2.75) is 95.4 Å². The van der Waals surface area contributed by atoms with Gasteiger partial charge >= 0.3 is 0 Å². The maximum atomic E-state index is 2.60. The van der Waals surface area contributed by atoms with Gasteiger partial charge < -0.3 is 14.7 Å². The van der Waals surface area contributed by atoms with E-state index >= 15 is 0 Å². The molecule has 3 nitrogen and oxygen atoms in total. The van der Waals surface area contributed by atoms with Crippen LogP contribution in [0.3, 0.4) is 0 Å². The van der Waals surface area contributed by atoms with E-state index in [1.165, 1.54) is 116 Å². The van der Waals surface area contributed by atoms with E-state index in [2.05, 4.69) is 226 Å². The molecule has 0 atom stereocenters. The highest BCUT2D eigenvalue weighted by atomic mass is 15.2. The summed E-state index contributed by atoms with van der Waals surface area (Å²) in [6.07, 6.45) is 0. The molecule has 0 aliphatic carbocycles. The molecule has 0 amide bonds. The van der Waals surface area contributed by atoms with Gasteiger partial charge in [0, 0.05) is 44.6 Å². The molecule has 10 rings (SSSR count). The Hall–Kier alpha value is -6.58. The Labute approximate surface area is 374 Å². The molecule has 3 heteroatoms. The van der Waals surface area contributed by atoms with Crippen molar-refractivity contribution in [3.8, 4) is 0 Å². The SMILES string of the molecule is Cc1c(C)c(C)c(N2c3cccc(c3)N(c3ccccc3)c3cccc(c3)N(c3c(C)c(C)c(C)c(C)c3C)c3cc2c2ccc4cc(C(C)(C)C)cc5ccc3c2c45)c(C)c1C. The van der Waals surface area contributed by atoms with Crippen molar-refractivity contribution in [2.75, 3.05) is 14.7 Å². The predicted octanol–water partition coefficient (Wildman–Crippen LogP) is 17.7. The van der Waals surface area contributed by atoms with Gasteiger partial charge in [0.25, 0.3) is 0 Å². The summed E-state index contributed by atoms with van der Waals surface area (Å²) < 4.78 is 0. The van der Waals surface area contributed by atoms with Crippen molar-refractivity contribution in [1.29, 1.82) is 0 Å². The van der Waals surface area contributed by atoms with E-state index in [4.69, 9.17) is 0 Å². The zero-order valence-electron chi connectivity index (χ0n) is 39.4. The van der Waals surface area contributed by atoms with Crippen LogP contribution in [0.1, 0.15) is 82.0 Å². The van der Waals surface area contributed by atoms with Crippen LogP contribution in [0.5, 0.6) is 0 Å². The van der Waals surface area contributed by atoms with Crippen molar-refractivity contribution >= 4 is 83.5 Å². The van der Waals surface area contributed by atoms with Crippen LogP contribution in [0, 0.1) is 69.2 Å². The van der Waals surface area contributed by atoms with Gasteiger partial charge in [0.2, 0.25) is 0 Å². The van der Waals surface area contributed by atoms with Crippen LogP contribution in [0.2, 0.25) is 0 Å². The van der Waals surface area contributed by atoms with Crippen LogP contribution in [-0.2, 0) is 5.41 Å². The molecule has 0 aromatic heterocycles. The lowest BCUT2D eigenvalue weighted by atomic mass is 9.83. The third-order valence-electron chi connectivity index (χ3n) is 15.1. The molecule has 9 aromatic carbocycles. The largest absolute Gasteiger partial charge is 0.310 e. The van der Waals surface area contributed by atoms with Gasteiger partial charge in [-0.1, -0.05) is 87.5 Å². The third kappa shape index (κ3) is 6.07. The summed E-state index contributed by atoms with van der Waals surface area (Å²) in [6, 6.07) is 46.2. The van der Waals surface area contributed by atoms with Crippen molar-refractivity contribution in [3.63, 3.8) is 0 Å². The van der Waals surface area contributed by atoms with Crippen molar-refractivity contribution in [3.05, 3.63) is 183 Å². The van der Waals surface area contributed by atoms with E-state index in [0.29, 0.717) is 0 Å². The van der Waals surface area contributed by atoms with Crippen molar-refractivity contribution in [2.24, 2.45) is 0 Å². The summed E-state index contributed by atoms with van der Waals surface area (Å²) in [5.74, 6) is 0. The zero-order chi connectivity index (χ0) is 44.4. The number of nitrogens with zero attached hydrogens (tertiary/aromatic N) is 3. The second-order valence-electron chi connectivity index (χ2n) is 19.4. The number of anilines is 9. The minimum Gasteiger partial charge on any atom is -0.310 e. The summed E-state index contributed by atoms with van der Waals surface area (Å²) in [4.78, 5) is 7.63. The molecule has 314 valence electrons. The van der Waals surface area contributed by atoms with Gasteiger partial charge in [-0.25, -0.2) is 0 Å². The zero-order valence-corrected chi connectivity index (χ0v) is 39.4. The first-order valence-electron chi connectivity index (χ1n) is 22.6. The molecule has 0 fully saturated rings. The number of rotatable bonds is 3. The molecule has 1 aliphatic heterocycles. The lowest BCUT2D eigenvalue weighted by Gasteiger charge is -2.37. The van der Waals surface area contributed by atoms with Gasteiger partial charge in [0.05, 0.1) is 22.7 Å².